The van der Waals surface area contributed by atoms with Gasteiger partial charge in [0.15, 0.2) is 0 Å². The molecule has 0 aliphatic carbocycles. The number of carboxylic acid groups (broad SMARTS) is 1. The molecule has 0 saturated carbocycles. The number of fused-ring (bicyclic) bond motifs is 1. The van der Waals surface area contributed by atoms with Crippen LogP contribution in [0.3, 0.4) is 0 Å². The highest BCUT2D eigenvalue weighted by Crippen LogP contribution is 2.25. The predicted molar refractivity (Wildman–Crippen MR) is 154 cm³/mol. The Kier molecular flexibility index (Phi) is 9.57. The highest BCUT2D eigenvalue weighted by atomic mass is 16.5. The van der Waals surface area contributed by atoms with Crippen molar-refractivity contribution >= 4 is 22.6 Å². The molecular weight excluding hydrogens is 490 g/mol. The third kappa shape index (κ3) is 8.08. The summed E-state index contributed by atoms with van der Waals surface area (Å²) in [4.78, 5) is 25.7. The van der Waals surface area contributed by atoms with Crippen LogP contribution in [-0.2, 0) is 22.4 Å². The summed E-state index contributed by atoms with van der Waals surface area (Å²) in [6.07, 6.45) is 1.91. The summed E-state index contributed by atoms with van der Waals surface area (Å²) in [6, 6.07) is 29.4. The molecule has 1 unspecified atom stereocenters. The second kappa shape index (κ2) is 13.5. The number of rotatable bonds is 13. The average molecular weight is 526 g/mol. The van der Waals surface area contributed by atoms with Crippen molar-refractivity contribution in [2.45, 2.75) is 32.1 Å². The number of ether oxygens (including phenoxy) is 2. The van der Waals surface area contributed by atoms with Crippen molar-refractivity contribution in [3.63, 3.8) is 0 Å². The molecule has 6 nitrogen and oxygen atoms in total. The molecule has 0 heterocycles. The lowest BCUT2D eigenvalue weighted by Gasteiger charge is -2.17. The number of carboxylic acids is 1. The summed E-state index contributed by atoms with van der Waals surface area (Å²) in [6.45, 7) is 3.38. The number of amides is 1. The van der Waals surface area contributed by atoms with Crippen LogP contribution >= 0.6 is 0 Å². The second-order valence-electron chi connectivity index (χ2n) is 9.75. The van der Waals surface area contributed by atoms with E-state index < -0.39 is 11.9 Å². The van der Waals surface area contributed by atoms with Gasteiger partial charge in [-0.05, 0) is 65.1 Å². The zero-order valence-corrected chi connectivity index (χ0v) is 22.5. The van der Waals surface area contributed by atoms with E-state index in [9.17, 15) is 14.7 Å². The highest BCUT2D eigenvalue weighted by molar-refractivity contribution is 5.86. The minimum atomic E-state index is -0.841. The van der Waals surface area contributed by atoms with Gasteiger partial charge in [-0.25, -0.2) is 0 Å². The predicted octanol–water partition coefficient (Wildman–Crippen LogP) is 6.12. The highest BCUT2D eigenvalue weighted by Gasteiger charge is 2.14. The topological polar surface area (TPSA) is 76.1 Å². The zero-order valence-electron chi connectivity index (χ0n) is 22.5. The first-order valence-electron chi connectivity index (χ1n) is 13.3. The number of aliphatic carboxylic acids is 1. The van der Waals surface area contributed by atoms with Gasteiger partial charge in [-0.15, -0.1) is 0 Å². The molecule has 0 fully saturated rings. The Hall–Kier alpha value is -4.32. The Bertz CT molecular complexity index is 1380. The molecule has 0 aliphatic heterocycles. The maximum Gasteiger partial charge on any atom is 0.310 e. The van der Waals surface area contributed by atoms with E-state index >= 15 is 0 Å². The Balaban J connectivity index is 1.18. The molecule has 1 atom stereocenters. The molecule has 0 saturated heterocycles. The minimum Gasteiger partial charge on any atom is -0.493 e. The van der Waals surface area contributed by atoms with Gasteiger partial charge >= 0.3 is 5.97 Å². The lowest BCUT2D eigenvalue weighted by molar-refractivity contribution is -0.138. The van der Waals surface area contributed by atoms with E-state index in [1.54, 1.807) is 11.8 Å². The van der Waals surface area contributed by atoms with Gasteiger partial charge in [0.25, 0.3) is 0 Å². The van der Waals surface area contributed by atoms with Crippen molar-refractivity contribution < 1.29 is 24.2 Å². The Morgan fingerprint density at radius 3 is 2.18 bits per heavy atom. The lowest BCUT2D eigenvalue weighted by atomic mass is 9.98. The molecule has 1 amide bonds. The zero-order chi connectivity index (χ0) is 27.6. The maximum absolute atomic E-state index is 12.6. The standard InChI is InChI=1S/C33H35NO5/c1-24(33(36)37)28-12-11-27-13-16-31(23-29(27)22-28)39-20-6-19-38-30-14-9-26(10-15-30)21-32(35)34(2)18-17-25-7-4-3-5-8-25/h3-5,7-16,22-24H,6,17-21H2,1-2H3,(H,36,37). The van der Waals surface area contributed by atoms with E-state index in [2.05, 4.69) is 12.1 Å². The van der Waals surface area contributed by atoms with Gasteiger partial charge in [0.2, 0.25) is 5.91 Å². The van der Waals surface area contributed by atoms with Crippen molar-refractivity contribution in [2.75, 3.05) is 26.8 Å². The molecule has 6 heteroatoms. The minimum absolute atomic E-state index is 0.0954. The first-order chi connectivity index (χ1) is 18.9. The van der Waals surface area contributed by atoms with Crippen LogP contribution in [0.5, 0.6) is 11.5 Å². The van der Waals surface area contributed by atoms with Crippen LogP contribution < -0.4 is 9.47 Å². The van der Waals surface area contributed by atoms with E-state index in [0.29, 0.717) is 32.6 Å². The fourth-order valence-electron chi connectivity index (χ4n) is 4.26. The quantitative estimate of drug-likeness (QED) is 0.213. The van der Waals surface area contributed by atoms with E-state index in [0.717, 1.165) is 39.8 Å². The number of carbonyl (C=O) groups excluding carboxylic acids is 1. The number of hydrogen-bond acceptors (Lipinski definition) is 4. The van der Waals surface area contributed by atoms with Gasteiger partial charge in [-0.2, -0.15) is 0 Å². The lowest BCUT2D eigenvalue weighted by Crippen LogP contribution is -2.30. The summed E-state index contributed by atoms with van der Waals surface area (Å²) in [5.41, 5.74) is 2.95. The second-order valence-corrected chi connectivity index (χ2v) is 9.75. The van der Waals surface area contributed by atoms with Crippen molar-refractivity contribution in [2.24, 2.45) is 0 Å². The van der Waals surface area contributed by atoms with E-state index in [4.69, 9.17) is 9.47 Å². The monoisotopic (exact) mass is 525 g/mol. The summed E-state index contributed by atoms with van der Waals surface area (Å²) in [5, 5.41) is 11.3. The number of nitrogens with zero attached hydrogens (tertiary/aromatic N) is 1. The van der Waals surface area contributed by atoms with Gasteiger partial charge in [-0.1, -0.05) is 66.7 Å². The van der Waals surface area contributed by atoms with Crippen LogP contribution in [0, 0.1) is 0 Å². The van der Waals surface area contributed by atoms with Gasteiger partial charge in [0, 0.05) is 20.0 Å². The van der Waals surface area contributed by atoms with Gasteiger partial charge < -0.3 is 19.5 Å². The molecule has 4 rings (SSSR count). The van der Waals surface area contributed by atoms with Crippen LogP contribution in [0.25, 0.3) is 10.8 Å². The van der Waals surface area contributed by atoms with Gasteiger partial charge in [0.05, 0.1) is 25.6 Å². The Morgan fingerprint density at radius 1 is 0.795 bits per heavy atom. The van der Waals surface area contributed by atoms with Crippen molar-refractivity contribution in [3.05, 3.63) is 108 Å². The molecular formula is C33H35NO5. The number of carbonyl (C=O) groups is 2. The van der Waals surface area contributed by atoms with Crippen molar-refractivity contribution in [3.8, 4) is 11.5 Å². The molecule has 4 aromatic rings. The van der Waals surface area contributed by atoms with Gasteiger partial charge in [-0.3, -0.25) is 9.59 Å². The van der Waals surface area contributed by atoms with Crippen LogP contribution in [0.4, 0.5) is 0 Å². The number of likely N-dealkylation sites (N-methyl/N-ethyl adjacent to an activating group) is 1. The van der Waals surface area contributed by atoms with Crippen molar-refractivity contribution in [1.29, 1.82) is 0 Å². The molecule has 0 aromatic heterocycles. The molecule has 4 aromatic carbocycles. The molecule has 0 bridgehead atoms. The van der Waals surface area contributed by atoms with Gasteiger partial charge in [0.1, 0.15) is 11.5 Å². The smallest absolute Gasteiger partial charge is 0.310 e. The Labute approximate surface area is 229 Å². The molecule has 202 valence electrons. The number of benzene rings is 4. The normalized spacial score (nSPS) is 11.6. The van der Waals surface area contributed by atoms with Crippen LogP contribution in [0.1, 0.15) is 36.0 Å². The van der Waals surface area contributed by atoms with Crippen LogP contribution in [-0.4, -0.2) is 48.7 Å². The molecule has 0 spiro atoms. The summed E-state index contributed by atoms with van der Waals surface area (Å²) < 4.78 is 11.7. The first kappa shape index (κ1) is 27.7. The molecule has 39 heavy (non-hydrogen) atoms. The fraction of sp³-hybridized carbons (Fsp3) is 0.273. The van der Waals surface area contributed by atoms with Crippen LogP contribution in [0.2, 0.25) is 0 Å². The van der Waals surface area contributed by atoms with Crippen molar-refractivity contribution in [1.82, 2.24) is 4.90 Å². The maximum atomic E-state index is 12.6. The summed E-state index contributed by atoms with van der Waals surface area (Å²) in [7, 11) is 1.85. The average Bonchev–Trinajstić information content (AvgIpc) is 2.96. The first-order valence-corrected chi connectivity index (χ1v) is 13.3. The van der Waals surface area contributed by atoms with E-state index in [1.165, 1.54) is 5.56 Å². The summed E-state index contributed by atoms with van der Waals surface area (Å²) in [5.74, 6) is 0.196. The Morgan fingerprint density at radius 2 is 1.46 bits per heavy atom. The number of hydrogen-bond donors (Lipinski definition) is 1. The third-order valence-electron chi connectivity index (χ3n) is 6.82. The van der Waals surface area contributed by atoms with E-state index in [-0.39, 0.29) is 5.91 Å². The SMILES string of the molecule is CC(C(=O)O)c1ccc2ccc(OCCCOc3ccc(CC(=O)N(C)CCc4ccccc4)cc3)cc2c1. The molecule has 0 radical (unpaired) electrons. The fourth-order valence-corrected chi connectivity index (χ4v) is 4.26. The van der Waals surface area contributed by atoms with Crippen LogP contribution in [0.15, 0.2) is 91.0 Å². The van der Waals surface area contributed by atoms with E-state index in [1.807, 2.05) is 85.9 Å². The summed E-state index contributed by atoms with van der Waals surface area (Å²) >= 11 is 0. The third-order valence-corrected chi connectivity index (χ3v) is 6.82. The largest absolute Gasteiger partial charge is 0.493 e. The molecule has 1 N–H and O–H groups in total. The molecule has 0 aliphatic rings.